The molecule has 17 heavy (non-hydrogen) atoms. The van der Waals surface area contributed by atoms with Gasteiger partial charge in [0, 0.05) is 4.47 Å². The number of ether oxygens (including phenoxy) is 1. The summed E-state index contributed by atoms with van der Waals surface area (Å²) in [6, 6.07) is 5.45. The third-order valence-corrected chi connectivity index (χ3v) is 3.70. The van der Waals surface area contributed by atoms with Crippen LogP contribution in [0.1, 0.15) is 5.56 Å². The maximum absolute atomic E-state index is 10.5. The molecular formula is C10H7BrN2O3S. The summed E-state index contributed by atoms with van der Waals surface area (Å²) in [4.78, 5) is 13.8. The van der Waals surface area contributed by atoms with E-state index in [1.54, 1.807) is 6.07 Å². The van der Waals surface area contributed by atoms with Crippen molar-refractivity contribution < 1.29 is 9.66 Å². The molecule has 7 heteroatoms. The Hall–Kier alpha value is -1.47. The number of benzene rings is 1. The molecule has 0 fully saturated rings. The molecule has 1 aromatic carbocycles. The van der Waals surface area contributed by atoms with Crippen LogP contribution in [0.4, 0.5) is 5.00 Å². The quantitative estimate of drug-likeness (QED) is 0.636. The highest BCUT2D eigenvalue weighted by atomic mass is 79.9. The molecule has 1 aromatic heterocycles. The minimum atomic E-state index is -0.489. The maximum Gasteiger partial charge on any atom is 0.347 e. The van der Waals surface area contributed by atoms with Crippen molar-refractivity contribution in [1.29, 1.82) is 0 Å². The van der Waals surface area contributed by atoms with E-state index in [1.807, 2.05) is 19.1 Å². The van der Waals surface area contributed by atoms with Crippen LogP contribution in [-0.4, -0.2) is 9.91 Å². The summed E-state index contributed by atoms with van der Waals surface area (Å²) in [6.07, 6.45) is 1.19. The fourth-order valence-electron chi connectivity index (χ4n) is 1.16. The lowest BCUT2D eigenvalue weighted by Crippen LogP contribution is -1.84. The smallest absolute Gasteiger partial charge is 0.347 e. The van der Waals surface area contributed by atoms with Gasteiger partial charge in [0.05, 0.1) is 4.92 Å². The third-order valence-electron chi connectivity index (χ3n) is 1.99. The lowest BCUT2D eigenvalue weighted by molar-refractivity contribution is -0.380. The van der Waals surface area contributed by atoms with Gasteiger partial charge in [-0.3, -0.25) is 10.1 Å². The monoisotopic (exact) mass is 314 g/mol. The zero-order valence-electron chi connectivity index (χ0n) is 8.71. The van der Waals surface area contributed by atoms with E-state index in [-0.39, 0.29) is 10.2 Å². The SMILES string of the molecule is Cc1cc(Oc2ncc([N+](=O)[O-])s2)ccc1Br. The minimum Gasteiger partial charge on any atom is -0.431 e. The van der Waals surface area contributed by atoms with Crippen LogP contribution in [-0.2, 0) is 0 Å². The number of nitro groups is 1. The molecule has 0 bridgehead atoms. The van der Waals surface area contributed by atoms with E-state index in [9.17, 15) is 10.1 Å². The van der Waals surface area contributed by atoms with Gasteiger partial charge in [0.15, 0.2) is 0 Å². The van der Waals surface area contributed by atoms with E-state index >= 15 is 0 Å². The molecule has 0 radical (unpaired) electrons. The molecule has 0 spiro atoms. The van der Waals surface area contributed by atoms with Crippen LogP contribution in [0.5, 0.6) is 10.9 Å². The Labute approximate surface area is 109 Å². The van der Waals surface area contributed by atoms with Crippen molar-refractivity contribution >= 4 is 32.3 Å². The number of aromatic nitrogens is 1. The summed E-state index contributed by atoms with van der Waals surface area (Å²) in [7, 11) is 0. The molecule has 2 aromatic rings. The van der Waals surface area contributed by atoms with Crippen LogP contribution in [0.2, 0.25) is 0 Å². The Morgan fingerprint density at radius 1 is 1.53 bits per heavy atom. The molecule has 0 aliphatic heterocycles. The molecule has 0 amide bonds. The largest absolute Gasteiger partial charge is 0.431 e. The van der Waals surface area contributed by atoms with Gasteiger partial charge in [-0.15, -0.1) is 0 Å². The second kappa shape index (κ2) is 4.80. The van der Waals surface area contributed by atoms with Gasteiger partial charge >= 0.3 is 5.00 Å². The molecule has 2 rings (SSSR count). The highest BCUT2D eigenvalue weighted by molar-refractivity contribution is 9.10. The minimum absolute atomic E-state index is 0.0335. The van der Waals surface area contributed by atoms with Gasteiger partial charge in [0.1, 0.15) is 11.9 Å². The number of rotatable bonds is 3. The maximum atomic E-state index is 10.5. The molecule has 0 N–H and O–H groups in total. The topological polar surface area (TPSA) is 65.3 Å². The predicted molar refractivity (Wildman–Crippen MR) is 67.7 cm³/mol. The first-order valence-corrected chi connectivity index (χ1v) is 6.21. The fraction of sp³-hybridized carbons (Fsp3) is 0.100. The van der Waals surface area contributed by atoms with Gasteiger partial charge < -0.3 is 4.74 Å². The summed E-state index contributed by atoms with van der Waals surface area (Å²) in [5.41, 5.74) is 1.02. The zero-order valence-corrected chi connectivity index (χ0v) is 11.1. The number of hydrogen-bond donors (Lipinski definition) is 0. The Kier molecular flexibility index (Phi) is 3.39. The van der Waals surface area contributed by atoms with E-state index in [2.05, 4.69) is 20.9 Å². The Balaban J connectivity index is 2.19. The summed E-state index contributed by atoms with van der Waals surface area (Å²) < 4.78 is 6.41. The van der Waals surface area contributed by atoms with Crippen LogP contribution < -0.4 is 4.74 Å². The lowest BCUT2D eigenvalue weighted by Gasteiger charge is -2.03. The summed E-state index contributed by atoms with van der Waals surface area (Å²) >= 11 is 4.28. The number of halogens is 1. The van der Waals surface area contributed by atoms with Crippen molar-refractivity contribution in [2.24, 2.45) is 0 Å². The van der Waals surface area contributed by atoms with Crippen molar-refractivity contribution in [3.63, 3.8) is 0 Å². The van der Waals surface area contributed by atoms with Crippen molar-refractivity contribution in [2.75, 3.05) is 0 Å². The van der Waals surface area contributed by atoms with Crippen molar-refractivity contribution in [2.45, 2.75) is 6.92 Å². The van der Waals surface area contributed by atoms with Gasteiger partial charge in [-0.25, -0.2) is 4.98 Å². The van der Waals surface area contributed by atoms with E-state index in [4.69, 9.17) is 4.74 Å². The molecule has 0 aliphatic rings. The summed E-state index contributed by atoms with van der Waals surface area (Å²) in [5.74, 6) is 0.606. The lowest BCUT2D eigenvalue weighted by atomic mass is 10.2. The highest BCUT2D eigenvalue weighted by Gasteiger charge is 2.13. The summed E-state index contributed by atoms with van der Waals surface area (Å²) in [6.45, 7) is 1.93. The first kappa shape index (κ1) is 12.0. The second-order valence-corrected chi connectivity index (χ2v) is 5.06. The van der Waals surface area contributed by atoms with Gasteiger partial charge in [0.25, 0.3) is 5.19 Å². The molecular weight excluding hydrogens is 308 g/mol. The summed E-state index contributed by atoms with van der Waals surface area (Å²) in [5, 5.41) is 10.7. The molecule has 5 nitrogen and oxygen atoms in total. The van der Waals surface area contributed by atoms with Crippen LogP contribution in [0, 0.1) is 17.0 Å². The van der Waals surface area contributed by atoms with Gasteiger partial charge in [-0.05, 0) is 42.0 Å². The normalized spacial score (nSPS) is 10.2. The highest BCUT2D eigenvalue weighted by Crippen LogP contribution is 2.32. The zero-order chi connectivity index (χ0) is 12.4. The predicted octanol–water partition coefficient (Wildman–Crippen LogP) is 3.91. The Bertz CT molecular complexity index is 570. The standard InChI is InChI=1S/C10H7BrN2O3S/c1-6-4-7(2-3-8(6)11)16-10-12-5-9(17-10)13(14)15/h2-5H,1H3. The van der Waals surface area contributed by atoms with E-state index in [0.29, 0.717) is 5.75 Å². The number of nitrogens with zero attached hydrogens (tertiary/aromatic N) is 2. The molecule has 1 heterocycles. The first-order valence-electron chi connectivity index (χ1n) is 4.60. The van der Waals surface area contributed by atoms with Crippen molar-refractivity contribution in [3.8, 4) is 10.9 Å². The molecule has 88 valence electrons. The average molecular weight is 315 g/mol. The molecule has 0 aliphatic carbocycles. The van der Waals surface area contributed by atoms with Gasteiger partial charge in [-0.2, -0.15) is 0 Å². The van der Waals surface area contributed by atoms with Crippen LogP contribution >= 0.6 is 27.3 Å². The molecule has 0 unspecified atom stereocenters. The molecule has 0 atom stereocenters. The van der Waals surface area contributed by atoms with Crippen LogP contribution in [0.25, 0.3) is 0 Å². The van der Waals surface area contributed by atoms with E-state index in [1.165, 1.54) is 6.20 Å². The molecule has 0 saturated heterocycles. The number of aryl methyl sites for hydroxylation is 1. The second-order valence-electron chi connectivity index (χ2n) is 3.23. The van der Waals surface area contributed by atoms with Crippen molar-refractivity contribution in [1.82, 2.24) is 4.98 Å². The third kappa shape index (κ3) is 2.80. The number of thiazole rings is 1. The van der Waals surface area contributed by atoms with Gasteiger partial charge in [-0.1, -0.05) is 15.9 Å². The first-order chi connectivity index (χ1) is 8.06. The number of hydrogen-bond acceptors (Lipinski definition) is 5. The average Bonchev–Trinajstić information content (AvgIpc) is 2.72. The molecule has 0 saturated carbocycles. The van der Waals surface area contributed by atoms with Crippen molar-refractivity contribution in [3.05, 3.63) is 44.5 Å². The van der Waals surface area contributed by atoms with Gasteiger partial charge in [0.2, 0.25) is 0 Å². The van der Waals surface area contributed by atoms with Crippen LogP contribution in [0.15, 0.2) is 28.9 Å². The Morgan fingerprint density at radius 3 is 2.88 bits per heavy atom. The Morgan fingerprint density at radius 2 is 2.29 bits per heavy atom. The van der Waals surface area contributed by atoms with Crippen LogP contribution in [0.3, 0.4) is 0 Å². The fourth-order valence-corrected chi connectivity index (χ4v) is 2.01. The van der Waals surface area contributed by atoms with E-state index in [0.717, 1.165) is 21.4 Å². The van der Waals surface area contributed by atoms with E-state index < -0.39 is 4.92 Å².